The molecule has 1 fully saturated rings. The molecule has 0 unspecified atom stereocenters. The van der Waals surface area contributed by atoms with Crippen LogP contribution in [0.2, 0.25) is 0 Å². The molecule has 2 atom stereocenters. The van der Waals surface area contributed by atoms with Crippen molar-refractivity contribution in [3.63, 3.8) is 0 Å². The Hall–Kier alpha value is -2.55. The van der Waals surface area contributed by atoms with Gasteiger partial charge in [-0.25, -0.2) is 4.79 Å². The molecule has 2 heterocycles. The molecular weight excluding hydrogens is 366 g/mol. The zero-order valence-corrected chi connectivity index (χ0v) is 16.8. The van der Waals surface area contributed by atoms with Gasteiger partial charge in [0.2, 0.25) is 10.3 Å². The van der Waals surface area contributed by atoms with Gasteiger partial charge in [0, 0.05) is 18.2 Å². The average molecular weight is 391 g/mol. The van der Waals surface area contributed by atoms with E-state index in [1.54, 1.807) is 32.4 Å². The van der Waals surface area contributed by atoms with E-state index in [-0.39, 0.29) is 0 Å². The van der Waals surface area contributed by atoms with Crippen molar-refractivity contribution in [3.05, 3.63) is 18.2 Å². The normalized spacial score (nSPS) is 19.5. The number of carbonyl (C=O) groups is 1. The minimum atomic E-state index is -0.413. The smallest absolute Gasteiger partial charge is 0.325 e. The van der Waals surface area contributed by atoms with Gasteiger partial charge in [-0.3, -0.25) is 5.32 Å². The van der Waals surface area contributed by atoms with Crippen molar-refractivity contribution in [2.75, 3.05) is 29.8 Å². The molecule has 0 radical (unpaired) electrons. The number of anilines is 3. The van der Waals surface area contributed by atoms with Crippen LogP contribution in [0.4, 0.5) is 20.7 Å². The first-order valence-corrected chi connectivity index (χ1v) is 9.75. The van der Waals surface area contributed by atoms with Crippen LogP contribution >= 0.6 is 11.3 Å². The lowest BCUT2D eigenvalue weighted by Crippen LogP contribution is -2.43. The largest absolute Gasteiger partial charge is 0.497 e. The Kier molecular flexibility index (Phi) is 6.00. The number of amides is 2. The molecule has 0 bridgehead atoms. The SMILES string of the molecule is COc1ccc(OC)c(NC(=O)Nc2nnc(N3[C@H](C)CCC[C@H]3C)s2)c1. The molecule has 3 rings (SSSR count). The van der Waals surface area contributed by atoms with E-state index in [2.05, 4.69) is 39.6 Å². The number of carbonyl (C=O) groups excluding carboxylic acids is 1. The fourth-order valence-corrected chi connectivity index (χ4v) is 4.28. The highest BCUT2D eigenvalue weighted by Gasteiger charge is 2.27. The van der Waals surface area contributed by atoms with Gasteiger partial charge in [-0.2, -0.15) is 0 Å². The van der Waals surface area contributed by atoms with Crippen LogP contribution in [0.25, 0.3) is 0 Å². The van der Waals surface area contributed by atoms with E-state index in [0.29, 0.717) is 34.4 Å². The summed E-state index contributed by atoms with van der Waals surface area (Å²) in [6.07, 6.45) is 3.51. The molecule has 2 aromatic rings. The predicted molar refractivity (Wildman–Crippen MR) is 107 cm³/mol. The maximum atomic E-state index is 12.4. The van der Waals surface area contributed by atoms with Gasteiger partial charge in [0.05, 0.1) is 19.9 Å². The van der Waals surface area contributed by atoms with Crippen LogP contribution in [-0.2, 0) is 0 Å². The molecule has 1 aliphatic heterocycles. The lowest BCUT2D eigenvalue weighted by molar-refractivity contribution is 0.262. The molecule has 0 aliphatic carbocycles. The number of hydrogen-bond donors (Lipinski definition) is 2. The number of nitrogens with zero attached hydrogens (tertiary/aromatic N) is 3. The number of hydrogen-bond acceptors (Lipinski definition) is 7. The van der Waals surface area contributed by atoms with Gasteiger partial charge in [-0.15, -0.1) is 10.2 Å². The number of nitrogens with one attached hydrogen (secondary N) is 2. The van der Waals surface area contributed by atoms with Gasteiger partial charge in [-0.1, -0.05) is 11.3 Å². The Morgan fingerprint density at radius 1 is 1.15 bits per heavy atom. The molecule has 2 N–H and O–H groups in total. The second kappa shape index (κ2) is 8.43. The average Bonchev–Trinajstić information content (AvgIpc) is 3.09. The molecule has 1 aromatic carbocycles. The summed E-state index contributed by atoms with van der Waals surface area (Å²) in [7, 11) is 3.11. The van der Waals surface area contributed by atoms with E-state index in [4.69, 9.17) is 9.47 Å². The highest BCUT2D eigenvalue weighted by atomic mass is 32.1. The monoisotopic (exact) mass is 391 g/mol. The van der Waals surface area contributed by atoms with Crippen LogP contribution in [0.15, 0.2) is 18.2 Å². The summed E-state index contributed by atoms with van der Waals surface area (Å²) in [5.41, 5.74) is 0.511. The molecule has 0 saturated carbocycles. The van der Waals surface area contributed by atoms with Crippen molar-refractivity contribution in [2.24, 2.45) is 0 Å². The molecule has 1 saturated heterocycles. The molecule has 8 nitrogen and oxygen atoms in total. The number of aromatic nitrogens is 2. The van der Waals surface area contributed by atoms with E-state index in [1.165, 1.54) is 17.8 Å². The highest BCUT2D eigenvalue weighted by Crippen LogP contribution is 2.33. The van der Waals surface area contributed by atoms with Crippen molar-refractivity contribution in [1.29, 1.82) is 0 Å². The third-order valence-corrected chi connectivity index (χ3v) is 5.56. The van der Waals surface area contributed by atoms with Crippen molar-refractivity contribution in [3.8, 4) is 11.5 Å². The second-order valence-corrected chi connectivity index (χ2v) is 7.53. The summed E-state index contributed by atoms with van der Waals surface area (Å²) in [6.45, 7) is 4.40. The summed E-state index contributed by atoms with van der Waals surface area (Å²) in [4.78, 5) is 14.7. The topological polar surface area (TPSA) is 88.6 Å². The molecular formula is C18H25N5O3S. The van der Waals surface area contributed by atoms with Crippen molar-refractivity contribution in [2.45, 2.75) is 45.2 Å². The van der Waals surface area contributed by atoms with E-state index in [9.17, 15) is 4.79 Å². The van der Waals surface area contributed by atoms with Gasteiger partial charge >= 0.3 is 6.03 Å². The third kappa shape index (κ3) is 4.41. The Morgan fingerprint density at radius 3 is 2.56 bits per heavy atom. The highest BCUT2D eigenvalue weighted by molar-refractivity contribution is 7.19. The lowest BCUT2D eigenvalue weighted by atomic mass is 9.98. The maximum absolute atomic E-state index is 12.4. The van der Waals surface area contributed by atoms with Crippen molar-refractivity contribution >= 4 is 33.3 Å². The molecule has 2 amide bonds. The number of piperidine rings is 1. The predicted octanol–water partition coefficient (Wildman–Crippen LogP) is 3.97. The Morgan fingerprint density at radius 2 is 1.89 bits per heavy atom. The van der Waals surface area contributed by atoms with Crippen LogP contribution in [0, 0.1) is 0 Å². The van der Waals surface area contributed by atoms with Crippen LogP contribution < -0.4 is 25.0 Å². The number of ether oxygens (including phenoxy) is 2. The second-order valence-electron chi connectivity index (χ2n) is 6.57. The summed E-state index contributed by atoms with van der Waals surface area (Å²) in [5, 5.41) is 15.2. The number of rotatable bonds is 5. The van der Waals surface area contributed by atoms with Crippen LogP contribution in [0.3, 0.4) is 0 Å². The standard InChI is InChI=1S/C18H25N5O3S/c1-11-6-5-7-12(2)23(11)18-22-21-17(27-18)20-16(24)19-14-10-13(25-3)8-9-15(14)26-4/h8-12H,5-7H2,1-4H3,(H2,19,20,21,24)/t11-,12-/m1/s1. The van der Waals surface area contributed by atoms with Crippen LogP contribution in [0.1, 0.15) is 33.1 Å². The number of methoxy groups -OCH3 is 2. The van der Waals surface area contributed by atoms with Gasteiger partial charge in [0.1, 0.15) is 11.5 Å². The minimum Gasteiger partial charge on any atom is -0.497 e. The number of urea groups is 1. The zero-order valence-electron chi connectivity index (χ0n) is 16.0. The first-order valence-electron chi connectivity index (χ1n) is 8.93. The third-order valence-electron chi connectivity index (χ3n) is 4.70. The Labute approximate surface area is 162 Å². The van der Waals surface area contributed by atoms with Gasteiger partial charge in [0.15, 0.2) is 0 Å². The number of benzene rings is 1. The fourth-order valence-electron chi connectivity index (χ4n) is 3.33. The summed E-state index contributed by atoms with van der Waals surface area (Å²) < 4.78 is 10.5. The van der Waals surface area contributed by atoms with E-state index < -0.39 is 6.03 Å². The maximum Gasteiger partial charge on any atom is 0.325 e. The van der Waals surface area contributed by atoms with Crippen LogP contribution in [0.5, 0.6) is 11.5 Å². The fraction of sp³-hybridized carbons (Fsp3) is 0.500. The molecule has 1 aromatic heterocycles. The Balaban J connectivity index is 1.68. The first-order chi connectivity index (χ1) is 13.0. The van der Waals surface area contributed by atoms with E-state index >= 15 is 0 Å². The van der Waals surface area contributed by atoms with E-state index in [1.807, 2.05) is 0 Å². The summed E-state index contributed by atoms with van der Waals surface area (Å²) >= 11 is 1.38. The first kappa shape index (κ1) is 19.2. The van der Waals surface area contributed by atoms with Gasteiger partial charge in [-0.05, 0) is 45.2 Å². The molecule has 27 heavy (non-hydrogen) atoms. The summed E-state index contributed by atoms with van der Waals surface area (Å²) in [5.74, 6) is 1.16. The van der Waals surface area contributed by atoms with Crippen molar-refractivity contribution < 1.29 is 14.3 Å². The van der Waals surface area contributed by atoms with Gasteiger partial charge in [0.25, 0.3) is 0 Å². The van der Waals surface area contributed by atoms with Gasteiger partial charge < -0.3 is 19.7 Å². The lowest BCUT2D eigenvalue weighted by Gasteiger charge is -2.38. The molecule has 1 aliphatic rings. The quantitative estimate of drug-likeness (QED) is 0.802. The molecule has 9 heteroatoms. The Bertz CT molecular complexity index is 787. The zero-order chi connectivity index (χ0) is 19.4. The minimum absolute atomic E-state index is 0.413. The summed E-state index contributed by atoms with van der Waals surface area (Å²) in [6, 6.07) is 5.62. The van der Waals surface area contributed by atoms with Crippen molar-refractivity contribution in [1.82, 2.24) is 10.2 Å². The van der Waals surface area contributed by atoms with Crippen LogP contribution in [-0.4, -0.2) is 42.5 Å². The molecule has 146 valence electrons. The molecule has 0 spiro atoms. The van der Waals surface area contributed by atoms with E-state index in [0.717, 1.165) is 18.0 Å².